The van der Waals surface area contributed by atoms with Crippen LogP contribution in [0.15, 0.2) is 54.9 Å². The maximum Gasteiger partial charge on any atom is 0.163 e. The van der Waals surface area contributed by atoms with Gasteiger partial charge in [-0.1, -0.05) is 31.2 Å². The van der Waals surface area contributed by atoms with Crippen LogP contribution in [0.3, 0.4) is 0 Å². The highest BCUT2D eigenvalue weighted by Crippen LogP contribution is 2.24. The fourth-order valence-electron chi connectivity index (χ4n) is 2.30. The van der Waals surface area contributed by atoms with Crippen LogP contribution in [-0.2, 0) is 6.42 Å². The molecule has 3 rings (SSSR count). The van der Waals surface area contributed by atoms with Gasteiger partial charge in [-0.2, -0.15) is 5.10 Å². The number of rotatable bonds is 4. The topological polar surface area (TPSA) is 39.9 Å². The zero-order valence-corrected chi connectivity index (χ0v) is 12.2. The molecule has 106 valence electrons. The van der Waals surface area contributed by atoms with Gasteiger partial charge in [0.25, 0.3) is 0 Å². The predicted octanol–water partition coefficient (Wildman–Crippen LogP) is 3.51. The third-order valence-corrected chi connectivity index (χ3v) is 3.44. The van der Waals surface area contributed by atoms with Gasteiger partial charge in [-0.05, 0) is 36.2 Å². The Bertz CT molecular complexity index is 687. The average molecular weight is 279 g/mol. The molecule has 0 saturated carbocycles. The fourth-order valence-corrected chi connectivity index (χ4v) is 2.30. The van der Waals surface area contributed by atoms with Gasteiger partial charge in [0.1, 0.15) is 12.1 Å². The summed E-state index contributed by atoms with van der Waals surface area (Å²) in [6.45, 7) is 2.14. The first-order chi connectivity index (χ1) is 10.3. The molecule has 0 bridgehead atoms. The highest BCUT2D eigenvalue weighted by Gasteiger charge is 2.10. The van der Waals surface area contributed by atoms with Crippen LogP contribution in [0, 0.1) is 0 Å². The minimum Gasteiger partial charge on any atom is -0.497 e. The Balaban J connectivity index is 2.07. The average Bonchev–Trinajstić information content (AvgIpc) is 3.04. The summed E-state index contributed by atoms with van der Waals surface area (Å²) in [4.78, 5) is 4.39. The zero-order valence-electron chi connectivity index (χ0n) is 12.2. The molecule has 2 aromatic carbocycles. The molecule has 3 aromatic rings. The highest BCUT2D eigenvalue weighted by molar-refractivity contribution is 5.60. The van der Waals surface area contributed by atoms with E-state index in [1.807, 2.05) is 41.1 Å². The van der Waals surface area contributed by atoms with Crippen LogP contribution < -0.4 is 4.74 Å². The van der Waals surface area contributed by atoms with Gasteiger partial charge in [-0.25, -0.2) is 9.67 Å². The molecule has 0 saturated heterocycles. The zero-order chi connectivity index (χ0) is 14.7. The summed E-state index contributed by atoms with van der Waals surface area (Å²) in [5.74, 6) is 1.62. The lowest BCUT2D eigenvalue weighted by Crippen LogP contribution is -2.00. The van der Waals surface area contributed by atoms with Gasteiger partial charge in [0.15, 0.2) is 5.82 Å². The van der Waals surface area contributed by atoms with Gasteiger partial charge in [0.2, 0.25) is 0 Å². The van der Waals surface area contributed by atoms with Gasteiger partial charge >= 0.3 is 0 Å². The summed E-state index contributed by atoms with van der Waals surface area (Å²) in [7, 11) is 1.66. The molecule has 1 heterocycles. The lowest BCUT2D eigenvalue weighted by atomic mass is 10.1. The van der Waals surface area contributed by atoms with Crippen molar-refractivity contribution in [1.29, 1.82) is 0 Å². The quantitative estimate of drug-likeness (QED) is 0.733. The van der Waals surface area contributed by atoms with E-state index in [2.05, 4.69) is 29.1 Å². The van der Waals surface area contributed by atoms with Crippen LogP contribution in [0.25, 0.3) is 17.1 Å². The van der Waals surface area contributed by atoms with Crippen molar-refractivity contribution in [2.75, 3.05) is 7.11 Å². The van der Waals surface area contributed by atoms with Gasteiger partial charge in [0, 0.05) is 5.56 Å². The van der Waals surface area contributed by atoms with E-state index in [1.54, 1.807) is 13.4 Å². The SMILES string of the molecule is CCc1cccc(-n2ncnc2-c2cccc(OC)c2)c1. The molecule has 4 nitrogen and oxygen atoms in total. The summed E-state index contributed by atoms with van der Waals surface area (Å²) in [6.07, 6.45) is 2.57. The predicted molar refractivity (Wildman–Crippen MR) is 82.7 cm³/mol. The molecule has 0 amide bonds. The lowest BCUT2D eigenvalue weighted by molar-refractivity contribution is 0.415. The summed E-state index contributed by atoms with van der Waals surface area (Å²) < 4.78 is 7.13. The Morgan fingerprint density at radius 2 is 1.95 bits per heavy atom. The van der Waals surface area contributed by atoms with Crippen LogP contribution in [-0.4, -0.2) is 21.9 Å². The van der Waals surface area contributed by atoms with Crippen molar-refractivity contribution >= 4 is 0 Å². The van der Waals surface area contributed by atoms with Crippen LogP contribution in [0.4, 0.5) is 0 Å². The van der Waals surface area contributed by atoms with E-state index in [0.717, 1.165) is 29.2 Å². The standard InChI is InChI=1S/C17H17N3O/c1-3-13-6-4-8-15(10-13)20-17(18-12-19-20)14-7-5-9-16(11-14)21-2/h4-12H,3H2,1-2H3. The van der Waals surface area contributed by atoms with Crippen molar-refractivity contribution in [3.63, 3.8) is 0 Å². The fraction of sp³-hybridized carbons (Fsp3) is 0.176. The number of ether oxygens (including phenoxy) is 1. The van der Waals surface area contributed by atoms with Gasteiger partial charge in [-0.15, -0.1) is 0 Å². The number of aryl methyl sites for hydroxylation is 1. The number of benzene rings is 2. The van der Waals surface area contributed by atoms with E-state index >= 15 is 0 Å². The van der Waals surface area contributed by atoms with E-state index in [-0.39, 0.29) is 0 Å². The molecule has 4 heteroatoms. The van der Waals surface area contributed by atoms with Crippen LogP contribution >= 0.6 is 0 Å². The van der Waals surface area contributed by atoms with E-state index in [9.17, 15) is 0 Å². The number of methoxy groups -OCH3 is 1. The first-order valence-corrected chi connectivity index (χ1v) is 6.95. The first kappa shape index (κ1) is 13.4. The highest BCUT2D eigenvalue weighted by atomic mass is 16.5. The summed E-state index contributed by atoms with van der Waals surface area (Å²) >= 11 is 0. The Hall–Kier alpha value is -2.62. The van der Waals surface area contributed by atoms with Crippen molar-refractivity contribution in [2.45, 2.75) is 13.3 Å². The molecule has 0 N–H and O–H groups in total. The third kappa shape index (κ3) is 2.65. The monoisotopic (exact) mass is 279 g/mol. The van der Waals surface area contributed by atoms with Crippen LogP contribution in [0.5, 0.6) is 5.75 Å². The smallest absolute Gasteiger partial charge is 0.163 e. The maximum atomic E-state index is 5.28. The van der Waals surface area contributed by atoms with Gasteiger partial charge in [0.05, 0.1) is 12.8 Å². The Morgan fingerprint density at radius 3 is 2.76 bits per heavy atom. The van der Waals surface area contributed by atoms with E-state index in [1.165, 1.54) is 5.56 Å². The van der Waals surface area contributed by atoms with Crippen LogP contribution in [0.1, 0.15) is 12.5 Å². The molecule has 0 fully saturated rings. The Morgan fingerprint density at radius 1 is 1.10 bits per heavy atom. The molecule has 0 unspecified atom stereocenters. The number of hydrogen-bond donors (Lipinski definition) is 0. The van der Waals surface area contributed by atoms with Crippen molar-refractivity contribution in [2.24, 2.45) is 0 Å². The van der Waals surface area contributed by atoms with E-state index in [4.69, 9.17) is 4.74 Å². The van der Waals surface area contributed by atoms with Crippen LogP contribution in [0.2, 0.25) is 0 Å². The molecule has 0 radical (unpaired) electrons. The third-order valence-electron chi connectivity index (χ3n) is 3.44. The summed E-state index contributed by atoms with van der Waals surface area (Å²) in [5, 5.41) is 4.36. The van der Waals surface area contributed by atoms with E-state index < -0.39 is 0 Å². The number of nitrogens with zero attached hydrogens (tertiary/aromatic N) is 3. The molecule has 0 aliphatic rings. The largest absolute Gasteiger partial charge is 0.497 e. The van der Waals surface area contributed by atoms with Crippen molar-refractivity contribution in [1.82, 2.24) is 14.8 Å². The molecule has 0 atom stereocenters. The second-order valence-corrected chi connectivity index (χ2v) is 4.75. The van der Waals surface area contributed by atoms with Crippen molar-refractivity contribution in [3.8, 4) is 22.8 Å². The van der Waals surface area contributed by atoms with Gasteiger partial charge < -0.3 is 4.74 Å². The minimum absolute atomic E-state index is 0.808. The molecule has 0 aliphatic heterocycles. The number of aromatic nitrogens is 3. The first-order valence-electron chi connectivity index (χ1n) is 6.95. The van der Waals surface area contributed by atoms with Crippen molar-refractivity contribution in [3.05, 3.63) is 60.4 Å². The minimum atomic E-state index is 0.808. The molecular weight excluding hydrogens is 262 g/mol. The summed E-state index contributed by atoms with van der Waals surface area (Å²) in [6, 6.07) is 16.2. The molecule has 0 spiro atoms. The Kier molecular flexibility index (Phi) is 3.69. The van der Waals surface area contributed by atoms with E-state index in [0.29, 0.717) is 0 Å². The Labute approximate surface area is 124 Å². The summed E-state index contributed by atoms with van der Waals surface area (Å²) in [5.41, 5.74) is 3.28. The molecule has 1 aromatic heterocycles. The second kappa shape index (κ2) is 5.79. The van der Waals surface area contributed by atoms with Crippen molar-refractivity contribution < 1.29 is 4.74 Å². The second-order valence-electron chi connectivity index (χ2n) is 4.75. The van der Waals surface area contributed by atoms with Gasteiger partial charge in [-0.3, -0.25) is 0 Å². The lowest BCUT2D eigenvalue weighted by Gasteiger charge is -2.08. The molecular formula is C17H17N3O. The molecule has 0 aliphatic carbocycles. The normalized spacial score (nSPS) is 10.6. The maximum absolute atomic E-state index is 5.28. The number of hydrogen-bond acceptors (Lipinski definition) is 3. The molecule has 21 heavy (non-hydrogen) atoms.